The van der Waals surface area contributed by atoms with Crippen LogP contribution in [-0.4, -0.2) is 5.11 Å². The van der Waals surface area contributed by atoms with Crippen molar-refractivity contribution in [1.82, 2.24) is 0 Å². The number of ether oxygens (including phenoxy) is 2. The van der Waals surface area contributed by atoms with Crippen molar-refractivity contribution in [2.75, 3.05) is 0 Å². The third-order valence-electron chi connectivity index (χ3n) is 3.16. The molecule has 1 aliphatic carbocycles. The largest absolute Gasteiger partial charge is 0.505 e. The number of para-hydroxylation sites is 1. The molecule has 0 aromatic heterocycles. The van der Waals surface area contributed by atoms with Gasteiger partial charge in [-0.3, -0.25) is 0 Å². The van der Waals surface area contributed by atoms with Crippen molar-refractivity contribution in [3.05, 3.63) is 84.3 Å². The molecule has 2 aromatic rings. The highest BCUT2D eigenvalue weighted by Crippen LogP contribution is 2.42. The quantitative estimate of drug-likeness (QED) is 0.842. The second-order valence-electron chi connectivity index (χ2n) is 4.40. The maximum Gasteiger partial charge on any atom is 0.184 e. The molecule has 3 rings (SSSR count). The van der Waals surface area contributed by atoms with Crippen LogP contribution in [0.2, 0.25) is 0 Å². The second kappa shape index (κ2) is 5.13. The Balaban J connectivity index is 2.02. The fraction of sp³-hybridized carbons (Fsp3) is 0.0588. The van der Waals surface area contributed by atoms with Crippen LogP contribution in [0.5, 0.6) is 5.75 Å². The Morgan fingerprint density at radius 3 is 2.45 bits per heavy atom. The summed E-state index contributed by atoms with van der Waals surface area (Å²) >= 11 is 0. The predicted molar refractivity (Wildman–Crippen MR) is 77.1 cm³/mol. The van der Waals surface area contributed by atoms with Crippen molar-refractivity contribution >= 4 is 5.76 Å². The molecule has 0 fully saturated rings. The van der Waals surface area contributed by atoms with E-state index in [1.165, 1.54) is 6.26 Å². The molecule has 20 heavy (non-hydrogen) atoms. The zero-order chi connectivity index (χ0) is 13.9. The molecule has 1 unspecified atom stereocenters. The predicted octanol–water partition coefficient (Wildman–Crippen LogP) is 4.21. The van der Waals surface area contributed by atoms with E-state index in [1.54, 1.807) is 0 Å². The SMILES string of the molecule is C=COC1C(O)=C(Oc2ccccc2)c2ccccc21. The average molecular weight is 266 g/mol. The Morgan fingerprint density at radius 1 is 1.00 bits per heavy atom. The van der Waals surface area contributed by atoms with Gasteiger partial charge < -0.3 is 14.6 Å². The summed E-state index contributed by atoms with van der Waals surface area (Å²) in [5, 5.41) is 10.3. The van der Waals surface area contributed by atoms with Crippen LogP contribution in [0.25, 0.3) is 5.76 Å². The van der Waals surface area contributed by atoms with E-state index < -0.39 is 6.10 Å². The van der Waals surface area contributed by atoms with Crippen LogP contribution < -0.4 is 4.74 Å². The lowest BCUT2D eigenvalue weighted by Gasteiger charge is -2.11. The van der Waals surface area contributed by atoms with Gasteiger partial charge in [-0.2, -0.15) is 0 Å². The highest BCUT2D eigenvalue weighted by molar-refractivity contribution is 5.73. The molecule has 0 heterocycles. The minimum absolute atomic E-state index is 0.0648. The number of aliphatic hydroxyl groups is 1. The Morgan fingerprint density at radius 2 is 1.70 bits per heavy atom. The van der Waals surface area contributed by atoms with Crippen LogP contribution in [0, 0.1) is 0 Å². The highest BCUT2D eigenvalue weighted by atomic mass is 16.5. The van der Waals surface area contributed by atoms with E-state index in [-0.39, 0.29) is 5.76 Å². The minimum Gasteiger partial charge on any atom is -0.505 e. The van der Waals surface area contributed by atoms with Gasteiger partial charge in [0.1, 0.15) is 5.75 Å². The third-order valence-corrected chi connectivity index (χ3v) is 3.16. The smallest absolute Gasteiger partial charge is 0.184 e. The summed E-state index contributed by atoms with van der Waals surface area (Å²) < 4.78 is 11.2. The fourth-order valence-electron chi connectivity index (χ4n) is 2.28. The van der Waals surface area contributed by atoms with Gasteiger partial charge in [0.15, 0.2) is 17.6 Å². The highest BCUT2D eigenvalue weighted by Gasteiger charge is 2.33. The number of hydrogen-bond acceptors (Lipinski definition) is 3. The van der Waals surface area contributed by atoms with Gasteiger partial charge in [-0.15, -0.1) is 0 Å². The topological polar surface area (TPSA) is 38.7 Å². The molecule has 0 spiro atoms. The van der Waals surface area contributed by atoms with E-state index >= 15 is 0 Å². The lowest BCUT2D eigenvalue weighted by molar-refractivity contribution is 0.134. The van der Waals surface area contributed by atoms with E-state index in [0.29, 0.717) is 11.5 Å². The van der Waals surface area contributed by atoms with Gasteiger partial charge in [0.05, 0.1) is 6.26 Å². The molecule has 1 aliphatic rings. The van der Waals surface area contributed by atoms with Crippen molar-refractivity contribution in [3.63, 3.8) is 0 Å². The number of rotatable bonds is 4. The molecule has 0 aliphatic heterocycles. The van der Waals surface area contributed by atoms with Gasteiger partial charge in [-0.1, -0.05) is 49.0 Å². The summed E-state index contributed by atoms with van der Waals surface area (Å²) in [6, 6.07) is 16.9. The van der Waals surface area contributed by atoms with Gasteiger partial charge in [-0.05, 0) is 12.1 Å². The summed E-state index contributed by atoms with van der Waals surface area (Å²) in [6.45, 7) is 3.54. The molecule has 1 atom stereocenters. The monoisotopic (exact) mass is 266 g/mol. The first-order valence-electron chi connectivity index (χ1n) is 6.33. The summed E-state index contributed by atoms with van der Waals surface area (Å²) in [6.07, 6.45) is 0.769. The second-order valence-corrected chi connectivity index (χ2v) is 4.40. The summed E-state index contributed by atoms with van der Waals surface area (Å²) in [5.74, 6) is 1.16. The molecule has 0 amide bonds. The zero-order valence-electron chi connectivity index (χ0n) is 10.8. The summed E-state index contributed by atoms with van der Waals surface area (Å²) in [5.41, 5.74) is 1.71. The molecule has 0 bridgehead atoms. The summed E-state index contributed by atoms with van der Waals surface area (Å²) in [4.78, 5) is 0. The van der Waals surface area contributed by atoms with Crippen LogP contribution in [0.15, 0.2) is 73.2 Å². The number of hydrogen-bond donors (Lipinski definition) is 1. The van der Waals surface area contributed by atoms with Gasteiger partial charge in [0, 0.05) is 11.1 Å². The van der Waals surface area contributed by atoms with E-state index in [2.05, 4.69) is 6.58 Å². The molecule has 2 aromatic carbocycles. The maximum atomic E-state index is 10.3. The lowest BCUT2D eigenvalue weighted by atomic mass is 10.1. The number of benzene rings is 2. The molecule has 100 valence electrons. The van der Waals surface area contributed by atoms with E-state index in [1.807, 2.05) is 54.6 Å². The zero-order valence-corrected chi connectivity index (χ0v) is 10.8. The average Bonchev–Trinajstić information content (AvgIpc) is 2.75. The Labute approximate surface area is 117 Å². The Hall–Kier alpha value is -2.68. The molecule has 0 radical (unpaired) electrons. The van der Waals surface area contributed by atoms with Crippen molar-refractivity contribution < 1.29 is 14.6 Å². The van der Waals surface area contributed by atoms with E-state index in [4.69, 9.17) is 9.47 Å². The van der Waals surface area contributed by atoms with Crippen LogP contribution in [0.4, 0.5) is 0 Å². The van der Waals surface area contributed by atoms with Crippen LogP contribution in [0.3, 0.4) is 0 Å². The van der Waals surface area contributed by atoms with Gasteiger partial charge in [0.25, 0.3) is 0 Å². The fourth-order valence-corrected chi connectivity index (χ4v) is 2.28. The van der Waals surface area contributed by atoms with E-state index in [0.717, 1.165) is 11.1 Å². The molecule has 3 heteroatoms. The Bertz CT molecular complexity index is 659. The molecule has 0 saturated carbocycles. The minimum atomic E-state index is -0.553. The molecule has 1 N–H and O–H groups in total. The first kappa shape index (κ1) is 12.4. The third kappa shape index (κ3) is 2.03. The molecule has 0 saturated heterocycles. The van der Waals surface area contributed by atoms with E-state index in [9.17, 15) is 5.11 Å². The molecular weight excluding hydrogens is 252 g/mol. The van der Waals surface area contributed by atoms with Gasteiger partial charge >= 0.3 is 0 Å². The summed E-state index contributed by atoms with van der Waals surface area (Å²) in [7, 11) is 0. The van der Waals surface area contributed by atoms with Crippen molar-refractivity contribution in [2.45, 2.75) is 6.10 Å². The normalized spacial score (nSPS) is 16.7. The van der Waals surface area contributed by atoms with Gasteiger partial charge in [0.2, 0.25) is 0 Å². The van der Waals surface area contributed by atoms with Gasteiger partial charge in [-0.25, -0.2) is 0 Å². The van der Waals surface area contributed by atoms with Crippen molar-refractivity contribution in [1.29, 1.82) is 0 Å². The Kier molecular flexibility index (Phi) is 3.17. The molecule has 3 nitrogen and oxygen atoms in total. The first-order valence-corrected chi connectivity index (χ1v) is 6.33. The lowest BCUT2D eigenvalue weighted by Crippen LogP contribution is -2.00. The van der Waals surface area contributed by atoms with Crippen LogP contribution in [-0.2, 0) is 4.74 Å². The molecular formula is C17H14O3. The maximum absolute atomic E-state index is 10.3. The van der Waals surface area contributed by atoms with Crippen LogP contribution >= 0.6 is 0 Å². The van der Waals surface area contributed by atoms with Crippen LogP contribution in [0.1, 0.15) is 17.2 Å². The van der Waals surface area contributed by atoms with Crippen molar-refractivity contribution in [3.8, 4) is 5.75 Å². The van der Waals surface area contributed by atoms with Crippen molar-refractivity contribution in [2.24, 2.45) is 0 Å². The number of fused-ring (bicyclic) bond motifs is 1. The first-order chi connectivity index (χ1) is 9.81. The number of aliphatic hydroxyl groups excluding tert-OH is 1. The standard InChI is InChI=1S/C17H14O3/c1-2-19-16-13-10-6-7-11-14(13)17(15(16)18)20-12-8-4-3-5-9-12/h2-11,16,18H,1H2.